The molecule has 6 nitrogen and oxygen atoms in total. The summed E-state index contributed by atoms with van der Waals surface area (Å²) >= 11 is 0. The highest BCUT2D eigenvalue weighted by Crippen LogP contribution is 2.36. The molecule has 3 rings (SSSR count). The van der Waals surface area contributed by atoms with Gasteiger partial charge in [0, 0.05) is 26.7 Å². The molecule has 154 valence electrons. The molecule has 0 radical (unpaired) electrons. The molecule has 10 heteroatoms. The number of hydrogen-bond donors (Lipinski definition) is 0. The number of hydrogen-bond acceptors (Lipinski definition) is 6. The molecule has 0 spiro atoms. The third kappa shape index (κ3) is 4.61. The van der Waals surface area contributed by atoms with Crippen molar-refractivity contribution in [2.45, 2.75) is 37.6 Å². The van der Waals surface area contributed by atoms with E-state index in [2.05, 4.69) is 15.0 Å². The smallest absolute Gasteiger partial charge is 0.396 e. The Kier molecular flexibility index (Phi) is 5.90. The highest BCUT2D eigenvalue weighted by atomic mass is 19.4. The molecule has 1 aliphatic heterocycles. The van der Waals surface area contributed by atoms with Crippen LogP contribution >= 0.6 is 0 Å². The summed E-state index contributed by atoms with van der Waals surface area (Å²) in [5, 5.41) is 3.43. The Morgan fingerprint density at radius 1 is 1.21 bits per heavy atom. The van der Waals surface area contributed by atoms with Crippen molar-refractivity contribution in [1.82, 2.24) is 15.0 Å². The molecule has 0 amide bonds. The van der Waals surface area contributed by atoms with Gasteiger partial charge in [0.25, 0.3) is 5.89 Å². The van der Waals surface area contributed by atoms with Crippen molar-refractivity contribution >= 4 is 0 Å². The molecule has 1 aromatic carbocycles. The minimum absolute atomic E-state index is 0.0596. The van der Waals surface area contributed by atoms with Gasteiger partial charge < -0.3 is 14.0 Å². The molecule has 0 N–H and O–H groups in total. The molecule has 2 aromatic rings. The number of alkyl halides is 3. The lowest BCUT2D eigenvalue weighted by molar-refractivity contribution is -0.128. The van der Waals surface area contributed by atoms with Gasteiger partial charge in [-0.1, -0.05) is 11.2 Å². The molecule has 0 unspecified atom stereocenters. The van der Waals surface area contributed by atoms with E-state index in [0.717, 1.165) is 5.56 Å². The van der Waals surface area contributed by atoms with E-state index in [1.165, 1.54) is 20.3 Å². The molecule has 1 fully saturated rings. The van der Waals surface area contributed by atoms with Gasteiger partial charge in [-0.15, -0.1) is 0 Å². The monoisotopic (exact) mass is 403 g/mol. The van der Waals surface area contributed by atoms with Crippen LogP contribution in [0.2, 0.25) is 0 Å². The molecule has 0 aliphatic carbocycles. The van der Waals surface area contributed by atoms with Gasteiger partial charge in [-0.05, 0) is 30.5 Å². The standard InChI is InChI=1S/C18H21F4N3O3/c1-26-14-4-3-12(9-13(14)19)11-25-7-5-17(27-2,6-8-25)16-23-15(24-28-16)10-18(20,21)22/h3-4,9H,5-8,10-11H2,1-2H3. The summed E-state index contributed by atoms with van der Waals surface area (Å²) in [6, 6.07) is 4.80. The van der Waals surface area contributed by atoms with E-state index in [9.17, 15) is 17.6 Å². The maximum absolute atomic E-state index is 13.9. The number of likely N-dealkylation sites (tertiary alicyclic amines) is 1. The van der Waals surface area contributed by atoms with Gasteiger partial charge in [-0.2, -0.15) is 18.2 Å². The number of rotatable bonds is 6. The third-order valence-electron chi connectivity index (χ3n) is 4.89. The third-order valence-corrected chi connectivity index (χ3v) is 4.89. The molecule has 1 aliphatic rings. The molecule has 2 heterocycles. The second kappa shape index (κ2) is 8.04. The van der Waals surface area contributed by atoms with Crippen molar-refractivity contribution in [3.05, 3.63) is 41.3 Å². The maximum atomic E-state index is 13.9. The van der Waals surface area contributed by atoms with Gasteiger partial charge in [0.1, 0.15) is 12.0 Å². The number of benzene rings is 1. The minimum Gasteiger partial charge on any atom is -0.494 e. The summed E-state index contributed by atoms with van der Waals surface area (Å²) in [4.78, 5) is 6.00. The molecular formula is C18H21F4N3O3. The van der Waals surface area contributed by atoms with Crippen LogP contribution < -0.4 is 4.74 Å². The first-order valence-corrected chi connectivity index (χ1v) is 8.74. The molecule has 28 heavy (non-hydrogen) atoms. The summed E-state index contributed by atoms with van der Waals surface area (Å²) in [6.45, 7) is 1.70. The number of methoxy groups -OCH3 is 2. The summed E-state index contributed by atoms with van der Waals surface area (Å²) in [5.74, 6) is -0.586. The number of ether oxygens (including phenoxy) is 2. The van der Waals surface area contributed by atoms with Crippen molar-refractivity contribution in [3.63, 3.8) is 0 Å². The van der Waals surface area contributed by atoms with Gasteiger partial charge >= 0.3 is 6.18 Å². The minimum atomic E-state index is -4.40. The lowest BCUT2D eigenvalue weighted by atomic mass is 9.90. The van der Waals surface area contributed by atoms with E-state index < -0.39 is 29.8 Å². The fourth-order valence-corrected chi connectivity index (χ4v) is 3.33. The Hall–Kier alpha value is -2.20. The predicted molar refractivity (Wildman–Crippen MR) is 90.2 cm³/mol. The van der Waals surface area contributed by atoms with Gasteiger partial charge in [0.05, 0.1) is 7.11 Å². The summed E-state index contributed by atoms with van der Waals surface area (Å²) in [6.07, 6.45) is -4.71. The lowest BCUT2D eigenvalue weighted by Gasteiger charge is -2.38. The van der Waals surface area contributed by atoms with E-state index in [1.54, 1.807) is 12.1 Å². The van der Waals surface area contributed by atoms with Crippen LogP contribution in [0.15, 0.2) is 22.7 Å². The van der Waals surface area contributed by atoms with E-state index in [4.69, 9.17) is 14.0 Å². The topological polar surface area (TPSA) is 60.6 Å². The fraction of sp³-hybridized carbons (Fsp3) is 0.556. The van der Waals surface area contributed by atoms with E-state index in [-0.39, 0.29) is 11.6 Å². The lowest BCUT2D eigenvalue weighted by Crippen LogP contribution is -2.43. The van der Waals surface area contributed by atoms with Crippen molar-refractivity contribution in [2.24, 2.45) is 0 Å². The van der Waals surface area contributed by atoms with Gasteiger partial charge in [-0.25, -0.2) is 4.39 Å². The molecule has 0 atom stereocenters. The Labute approximate surface area is 159 Å². The second-order valence-corrected chi connectivity index (χ2v) is 6.75. The van der Waals surface area contributed by atoms with Gasteiger partial charge in [0.2, 0.25) is 0 Å². The number of nitrogens with zero attached hydrogens (tertiary/aromatic N) is 3. The number of aromatic nitrogens is 2. The molecule has 1 saturated heterocycles. The molecular weight excluding hydrogens is 382 g/mol. The SMILES string of the molecule is COc1ccc(CN2CCC(OC)(c3nc(CC(F)(F)F)no3)CC2)cc1F. The van der Waals surface area contributed by atoms with Crippen LogP contribution in [0.25, 0.3) is 0 Å². The Morgan fingerprint density at radius 2 is 1.93 bits per heavy atom. The van der Waals surface area contributed by atoms with Crippen molar-refractivity contribution in [3.8, 4) is 5.75 Å². The zero-order valence-corrected chi connectivity index (χ0v) is 15.6. The first-order valence-electron chi connectivity index (χ1n) is 8.74. The Morgan fingerprint density at radius 3 is 2.50 bits per heavy atom. The van der Waals surface area contributed by atoms with Crippen LogP contribution in [-0.4, -0.2) is 48.5 Å². The molecule has 0 saturated carbocycles. The Bertz CT molecular complexity index is 802. The quantitative estimate of drug-likeness (QED) is 0.689. The highest BCUT2D eigenvalue weighted by molar-refractivity contribution is 5.29. The van der Waals surface area contributed by atoms with Crippen LogP contribution in [0.3, 0.4) is 0 Å². The molecule has 0 bridgehead atoms. The van der Waals surface area contributed by atoms with Crippen LogP contribution in [0.4, 0.5) is 17.6 Å². The van der Waals surface area contributed by atoms with E-state index in [1.807, 2.05) is 0 Å². The second-order valence-electron chi connectivity index (χ2n) is 6.75. The maximum Gasteiger partial charge on any atom is 0.396 e. The average Bonchev–Trinajstić information content (AvgIpc) is 3.10. The zero-order chi connectivity index (χ0) is 20.4. The van der Waals surface area contributed by atoms with E-state index >= 15 is 0 Å². The van der Waals surface area contributed by atoms with Crippen molar-refractivity contribution in [1.29, 1.82) is 0 Å². The molecule has 1 aromatic heterocycles. The first kappa shape index (κ1) is 20.5. The fourth-order valence-electron chi connectivity index (χ4n) is 3.33. The summed E-state index contributed by atoms with van der Waals surface area (Å²) in [7, 11) is 2.88. The van der Waals surface area contributed by atoms with Crippen LogP contribution in [0.1, 0.15) is 30.1 Å². The van der Waals surface area contributed by atoms with Gasteiger partial charge in [-0.3, -0.25) is 4.90 Å². The average molecular weight is 403 g/mol. The summed E-state index contributed by atoms with van der Waals surface area (Å²) in [5.41, 5.74) is -0.119. The number of halogens is 4. The normalized spacial score (nSPS) is 17.6. The number of piperidine rings is 1. The van der Waals surface area contributed by atoms with Crippen LogP contribution in [0.5, 0.6) is 5.75 Å². The highest BCUT2D eigenvalue weighted by Gasteiger charge is 2.42. The largest absolute Gasteiger partial charge is 0.494 e. The predicted octanol–water partition coefficient (Wildman–Crippen LogP) is 3.46. The van der Waals surface area contributed by atoms with Crippen LogP contribution in [0, 0.1) is 5.82 Å². The van der Waals surface area contributed by atoms with Crippen LogP contribution in [-0.2, 0) is 23.3 Å². The summed E-state index contributed by atoms with van der Waals surface area (Å²) < 4.78 is 66.9. The van der Waals surface area contributed by atoms with E-state index in [0.29, 0.717) is 32.5 Å². The van der Waals surface area contributed by atoms with Crippen molar-refractivity contribution in [2.75, 3.05) is 27.3 Å². The Balaban J connectivity index is 1.64. The first-order chi connectivity index (χ1) is 13.2. The zero-order valence-electron chi connectivity index (χ0n) is 15.6. The van der Waals surface area contributed by atoms with Crippen molar-refractivity contribution < 1.29 is 31.6 Å². The van der Waals surface area contributed by atoms with Gasteiger partial charge in [0.15, 0.2) is 17.4 Å².